The molecule has 2 aromatic carbocycles. The number of amides is 2. The lowest BCUT2D eigenvalue weighted by Gasteiger charge is -2.35. The molecule has 0 unspecified atom stereocenters. The van der Waals surface area contributed by atoms with E-state index in [9.17, 15) is 4.79 Å². The number of hydrogen-bond donors (Lipinski definition) is 2. The largest absolute Gasteiger partial charge is 0.441 e. The van der Waals surface area contributed by atoms with Gasteiger partial charge in [0.25, 0.3) is 0 Å². The van der Waals surface area contributed by atoms with E-state index in [1.54, 1.807) is 0 Å². The molecular formula is C30H31N7O2. The number of oxazole rings is 1. The Kier molecular flexibility index (Phi) is 6.00. The molecule has 0 spiro atoms. The molecule has 198 valence electrons. The quantitative estimate of drug-likeness (QED) is 0.352. The summed E-state index contributed by atoms with van der Waals surface area (Å²) in [7, 11) is 0. The van der Waals surface area contributed by atoms with Crippen molar-refractivity contribution in [3.05, 3.63) is 77.4 Å². The Balaban J connectivity index is 1.03. The molecule has 1 fully saturated rings. The third-order valence-corrected chi connectivity index (χ3v) is 7.96. The van der Waals surface area contributed by atoms with E-state index in [0.717, 1.165) is 78.0 Å². The van der Waals surface area contributed by atoms with Crippen molar-refractivity contribution in [2.24, 2.45) is 0 Å². The number of piperidine rings is 1. The van der Waals surface area contributed by atoms with Gasteiger partial charge >= 0.3 is 6.03 Å². The summed E-state index contributed by atoms with van der Waals surface area (Å²) in [6.45, 7) is 5.78. The van der Waals surface area contributed by atoms with Crippen LogP contribution in [0.4, 0.5) is 4.79 Å². The lowest BCUT2D eigenvalue weighted by molar-refractivity contribution is 0.160. The number of pyridine rings is 1. The van der Waals surface area contributed by atoms with Crippen LogP contribution in [0.1, 0.15) is 35.6 Å². The number of H-pyrrole nitrogens is 1. The van der Waals surface area contributed by atoms with E-state index in [-0.39, 0.29) is 12.1 Å². The minimum absolute atomic E-state index is 0.00316. The highest BCUT2D eigenvalue weighted by atomic mass is 16.3. The van der Waals surface area contributed by atoms with E-state index in [4.69, 9.17) is 4.42 Å². The molecule has 0 aliphatic carbocycles. The first-order valence-electron chi connectivity index (χ1n) is 13.6. The highest BCUT2D eigenvalue weighted by molar-refractivity contribution is 5.82. The zero-order chi connectivity index (χ0) is 26.3. The van der Waals surface area contributed by atoms with Crippen molar-refractivity contribution in [3.8, 4) is 11.3 Å². The third-order valence-electron chi connectivity index (χ3n) is 7.96. The predicted molar refractivity (Wildman–Crippen MR) is 149 cm³/mol. The minimum Gasteiger partial charge on any atom is -0.441 e. The van der Waals surface area contributed by atoms with Gasteiger partial charge in [0, 0.05) is 67.4 Å². The molecule has 2 aliphatic rings. The number of benzene rings is 2. The summed E-state index contributed by atoms with van der Waals surface area (Å²) in [5, 5.41) is 12.3. The van der Waals surface area contributed by atoms with Crippen LogP contribution in [0.2, 0.25) is 0 Å². The van der Waals surface area contributed by atoms with Crippen LogP contribution in [0.25, 0.3) is 33.3 Å². The normalized spacial score (nSPS) is 18.0. The Labute approximate surface area is 226 Å². The third kappa shape index (κ3) is 4.63. The number of nitrogens with one attached hydrogen (secondary N) is 2. The summed E-state index contributed by atoms with van der Waals surface area (Å²) in [6.07, 6.45) is 4.70. The Morgan fingerprint density at radius 2 is 2.08 bits per heavy atom. The first-order valence-corrected chi connectivity index (χ1v) is 13.6. The van der Waals surface area contributed by atoms with Crippen molar-refractivity contribution in [1.29, 1.82) is 0 Å². The van der Waals surface area contributed by atoms with Crippen LogP contribution in [0, 0.1) is 6.92 Å². The fourth-order valence-electron chi connectivity index (χ4n) is 6.01. The van der Waals surface area contributed by atoms with E-state index in [0.29, 0.717) is 19.0 Å². The molecule has 5 heterocycles. The molecule has 1 saturated heterocycles. The zero-order valence-corrected chi connectivity index (χ0v) is 22.0. The highest BCUT2D eigenvalue weighted by Crippen LogP contribution is 2.31. The van der Waals surface area contributed by atoms with E-state index < -0.39 is 0 Å². The van der Waals surface area contributed by atoms with Gasteiger partial charge in [0.2, 0.25) is 0 Å². The molecule has 2 amide bonds. The summed E-state index contributed by atoms with van der Waals surface area (Å²) >= 11 is 0. The van der Waals surface area contributed by atoms with Gasteiger partial charge in [0.05, 0.1) is 17.8 Å². The Morgan fingerprint density at radius 1 is 1.15 bits per heavy atom. The number of aryl methyl sites for hydroxylation is 1. The van der Waals surface area contributed by atoms with Gasteiger partial charge in [-0.05, 0) is 55.3 Å². The van der Waals surface area contributed by atoms with Crippen LogP contribution in [-0.2, 0) is 19.5 Å². The average molecular weight is 522 g/mol. The van der Waals surface area contributed by atoms with E-state index in [1.807, 2.05) is 42.3 Å². The van der Waals surface area contributed by atoms with Gasteiger partial charge in [-0.25, -0.2) is 9.78 Å². The second-order valence-corrected chi connectivity index (χ2v) is 10.6. The van der Waals surface area contributed by atoms with Gasteiger partial charge in [0.1, 0.15) is 5.52 Å². The van der Waals surface area contributed by atoms with Gasteiger partial charge < -0.3 is 14.6 Å². The monoisotopic (exact) mass is 521 g/mol. The first-order chi connectivity index (χ1) is 19.1. The van der Waals surface area contributed by atoms with Crippen molar-refractivity contribution in [2.45, 2.75) is 45.3 Å². The number of fused-ring (bicyclic) bond motifs is 3. The molecule has 39 heavy (non-hydrogen) atoms. The second kappa shape index (κ2) is 9.81. The van der Waals surface area contributed by atoms with Crippen molar-refractivity contribution in [1.82, 2.24) is 35.3 Å². The Bertz CT molecular complexity index is 1670. The number of rotatable bonds is 4. The Morgan fingerprint density at radius 3 is 3.03 bits per heavy atom. The van der Waals surface area contributed by atoms with Crippen molar-refractivity contribution >= 4 is 28.0 Å². The molecule has 1 atom stereocenters. The molecule has 2 aliphatic heterocycles. The number of likely N-dealkylation sites (tertiary alicyclic amines) is 1. The summed E-state index contributed by atoms with van der Waals surface area (Å²) in [4.78, 5) is 26.7. The van der Waals surface area contributed by atoms with Crippen LogP contribution in [0.5, 0.6) is 0 Å². The number of aromatic nitrogens is 4. The molecule has 9 heteroatoms. The number of hydrogen-bond acceptors (Lipinski definition) is 6. The fraction of sp³-hybridized carbons (Fsp3) is 0.333. The summed E-state index contributed by atoms with van der Waals surface area (Å²) in [6, 6.07) is 16.5. The van der Waals surface area contributed by atoms with Crippen LogP contribution in [0.3, 0.4) is 0 Å². The molecule has 3 aromatic heterocycles. The predicted octanol–water partition coefficient (Wildman–Crippen LogP) is 4.81. The van der Waals surface area contributed by atoms with Gasteiger partial charge in [-0.3, -0.25) is 15.0 Å². The van der Waals surface area contributed by atoms with Crippen LogP contribution in [-0.4, -0.2) is 61.7 Å². The molecular weight excluding hydrogens is 490 g/mol. The highest BCUT2D eigenvalue weighted by Gasteiger charge is 2.29. The molecule has 2 N–H and O–H groups in total. The number of urea groups is 1. The smallest absolute Gasteiger partial charge is 0.317 e. The van der Waals surface area contributed by atoms with E-state index in [2.05, 4.69) is 54.6 Å². The number of aromatic amines is 1. The SMILES string of the molecule is Cc1nc2cc(-c3n[nH]c4c3CN(C(=O)N[C@@H]3CCCN(Cc5ccnc6ccccc56)C3)CC4)ccc2o1. The topological polar surface area (TPSA) is 103 Å². The van der Waals surface area contributed by atoms with Gasteiger partial charge in [0.15, 0.2) is 11.5 Å². The van der Waals surface area contributed by atoms with Gasteiger partial charge in [-0.1, -0.05) is 18.2 Å². The first kappa shape index (κ1) is 23.8. The van der Waals surface area contributed by atoms with Crippen molar-refractivity contribution < 1.29 is 9.21 Å². The number of para-hydroxylation sites is 1. The van der Waals surface area contributed by atoms with Gasteiger partial charge in [-0.2, -0.15) is 5.10 Å². The van der Waals surface area contributed by atoms with E-state index in [1.165, 1.54) is 10.9 Å². The lowest BCUT2D eigenvalue weighted by atomic mass is 10.0. The fourth-order valence-corrected chi connectivity index (χ4v) is 6.01. The van der Waals surface area contributed by atoms with Crippen LogP contribution < -0.4 is 5.32 Å². The van der Waals surface area contributed by atoms with Crippen LogP contribution >= 0.6 is 0 Å². The summed E-state index contributed by atoms with van der Waals surface area (Å²) in [5.41, 5.74) is 7.90. The van der Waals surface area contributed by atoms with E-state index >= 15 is 0 Å². The molecule has 0 radical (unpaired) electrons. The molecule has 9 nitrogen and oxygen atoms in total. The van der Waals surface area contributed by atoms with Crippen molar-refractivity contribution in [2.75, 3.05) is 19.6 Å². The summed E-state index contributed by atoms with van der Waals surface area (Å²) in [5.74, 6) is 0.643. The maximum absolute atomic E-state index is 13.4. The molecule has 7 rings (SSSR count). The van der Waals surface area contributed by atoms with Crippen molar-refractivity contribution in [3.63, 3.8) is 0 Å². The van der Waals surface area contributed by atoms with Crippen LogP contribution in [0.15, 0.2) is 59.1 Å². The average Bonchev–Trinajstić information content (AvgIpc) is 3.55. The minimum atomic E-state index is -0.00316. The molecule has 0 bridgehead atoms. The number of carbonyl (C=O) groups is 1. The molecule has 5 aromatic rings. The zero-order valence-electron chi connectivity index (χ0n) is 22.0. The number of carbonyl (C=O) groups excluding carboxylic acids is 1. The standard InChI is InChI=1S/C30H31N7O2/c1-19-32-27-15-20(8-9-28(27)39-19)29-24-18-37(14-11-26(24)34-35-29)30(38)33-22-5-4-13-36(17-22)16-21-10-12-31-25-7-3-2-6-23(21)25/h2-3,6-10,12,15,22H,4-5,11,13-14,16-18H2,1H3,(H,33,38)(H,34,35)/t22-/m1/s1. The Hall–Kier alpha value is -4.24. The molecule has 0 saturated carbocycles. The summed E-state index contributed by atoms with van der Waals surface area (Å²) < 4.78 is 5.63. The number of nitrogens with zero attached hydrogens (tertiary/aromatic N) is 5. The maximum Gasteiger partial charge on any atom is 0.317 e. The van der Waals surface area contributed by atoms with Gasteiger partial charge in [-0.15, -0.1) is 0 Å². The maximum atomic E-state index is 13.4. The lowest BCUT2D eigenvalue weighted by Crippen LogP contribution is -2.52. The second-order valence-electron chi connectivity index (χ2n) is 10.6.